The fraction of sp³-hybridized carbons (Fsp3) is 0.474. The third kappa shape index (κ3) is 3.37. The van der Waals surface area contributed by atoms with Crippen molar-refractivity contribution in [3.8, 4) is 0 Å². The highest BCUT2D eigenvalue weighted by molar-refractivity contribution is 7.15. The zero-order valence-electron chi connectivity index (χ0n) is 13.8. The van der Waals surface area contributed by atoms with Crippen LogP contribution in [0.3, 0.4) is 0 Å². The van der Waals surface area contributed by atoms with Crippen molar-refractivity contribution >= 4 is 22.4 Å². The van der Waals surface area contributed by atoms with E-state index in [9.17, 15) is 4.79 Å². The standard InChI is InChI=1S/C19H23N3OS/c23-18(16-6-5-13-3-1-2-4-15(13)11-16)22-19-21-12-17(24-19)14-7-9-20-10-8-14/h5-6,11-12,14,20H,1-4,7-10H2,(H,21,22,23). The van der Waals surface area contributed by atoms with E-state index in [0.717, 1.165) is 44.3 Å². The number of nitrogens with zero attached hydrogens (tertiary/aromatic N) is 1. The maximum atomic E-state index is 12.5. The Morgan fingerprint density at radius 2 is 1.96 bits per heavy atom. The van der Waals surface area contributed by atoms with Crippen molar-refractivity contribution in [2.75, 3.05) is 18.4 Å². The number of anilines is 1. The lowest BCUT2D eigenvalue weighted by atomic mass is 9.90. The van der Waals surface area contributed by atoms with Crippen LogP contribution >= 0.6 is 11.3 Å². The maximum Gasteiger partial charge on any atom is 0.257 e. The van der Waals surface area contributed by atoms with Crippen LogP contribution in [0, 0.1) is 0 Å². The molecule has 126 valence electrons. The van der Waals surface area contributed by atoms with Gasteiger partial charge in [0.25, 0.3) is 5.91 Å². The third-order valence-electron chi connectivity index (χ3n) is 5.10. The van der Waals surface area contributed by atoms with Gasteiger partial charge in [0.05, 0.1) is 0 Å². The van der Waals surface area contributed by atoms with Gasteiger partial charge in [-0.25, -0.2) is 4.98 Å². The summed E-state index contributed by atoms with van der Waals surface area (Å²) >= 11 is 1.62. The number of aryl methyl sites for hydroxylation is 2. The van der Waals surface area contributed by atoms with E-state index < -0.39 is 0 Å². The molecular formula is C19H23N3OS. The van der Waals surface area contributed by atoms with Crippen LogP contribution in [0.15, 0.2) is 24.4 Å². The summed E-state index contributed by atoms with van der Waals surface area (Å²) in [5.74, 6) is 0.535. The zero-order chi connectivity index (χ0) is 16.4. The molecule has 0 radical (unpaired) electrons. The highest BCUT2D eigenvalue weighted by Crippen LogP contribution is 2.32. The molecule has 0 unspecified atom stereocenters. The lowest BCUT2D eigenvalue weighted by Crippen LogP contribution is -2.26. The number of carbonyl (C=O) groups is 1. The molecule has 1 fully saturated rings. The monoisotopic (exact) mass is 341 g/mol. The van der Waals surface area contributed by atoms with E-state index in [-0.39, 0.29) is 5.91 Å². The van der Waals surface area contributed by atoms with Crippen LogP contribution in [0.2, 0.25) is 0 Å². The quantitative estimate of drug-likeness (QED) is 0.894. The molecule has 1 aromatic heterocycles. The molecule has 4 rings (SSSR count). The van der Waals surface area contributed by atoms with Crippen LogP contribution in [-0.4, -0.2) is 24.0 Å². The molecule has 2 aromatic rings. The van der Waals surface area contributed by atoms with E-state index >= 15 is 0 Å². The molecule has 5 heteroatoms. The summed E-state index contributed by atoms with van der Waals surface area (Å²) in [6.07, 6.45) is 8.96. The largest absolute Gasteiger partial charge is 0.317 e. The number of piperidine rings is 1. The fourth-order valence-corrected chi connectivity index (χ4v) is 4.66. The summed E-state index contributed by atoms with van der Waals surface area (Å²) < 4.78 is 0. The molecule has 0 spiro atoms. The van der Waals surface area contributed by atoms with Gasteiger partial charge in [0.15, 0.2) is 5.13 Å². The van der Waals surface area contributed by atoms with Crippen molar-refractivity contribution in [1.29, 1.82) is 0 Å². The Bertz CT molecular complexity index is 734. The third-order valence-corrected chi connectivity index (χ3v) is 6.17. The molecule has 1 saturated heterocycles. The average molecular weight is 341 g/mol. The molecule has 2 aliphatic rings. The van der Waals surface area contributed by atoms with Gasteiger partial charge in [-0.05, 0) is 80.8 Å². The summed E-state index contributed by atoms with van der Waals surface area (Å²) in [6, 6.07) is 6.12. The number of rotatable bonds is 3. The summed E-state index contributed by atoms with van der Waals surface area (Å²) in [5.41, 5.74) is 3.48. The molecule has 1 aromatic carbocycles. The first-order chi connectivity index (χ1) is 11.8. The molecule has 24 heavy (non-hydrogen) atoms. The second-order valence-electron chi connectivity index (χ2n) is 6.74. The van der Waals surface area contributed by atoms with E-state index in [4.69, 9.17) is 0 Å². The Kier molecular flexibility index (Phi) is 4.63. The molecule has 0 bridgehead atoms. The predicted molar refractivity (Wildman–Crippen MR) is 98.0 cm³/mol. The molecule has 1 aliphatic heterocycles. The first kappa shape index (κ1) is 15.8. The summed E-state index contributed by atoms with van der Waals surface area (Å²) in [7, 11) is 0. The minimum Gasteiger partial charge on any atom is -0.317 e. The Morgan fingerprint density at radius 3 is 2.79 bits per heavy atom. The topological polar surface area (TPSA) is 54.0 Å². The van der Waals surface area contributed by atoms with E-state index in [1.165, 1.54) is 28.8 Å². The summed E-state index contributed by atoms with van der Waals surface area (Å²) in [6.45, 7) is 2.14. The van der Waals surface area contributed by atoms with Gasteiger partial charge in [0.2, 0.25) is 0 Å². The average Bonchev–Trinajstić information content (AvgIpc) is 3.10. The van der Waals surface area contributed by atoms with Gasteiger partial charge in [-0.1, -0.05) is 6.07 Å². The normalized spacial score (nSPS) is 18.2. The lowest BCUT2D eigenvalue weighted by molar-refractivity contribution is 0.102. The van der Waals surface area contributed by atoms with Crippen LogP contribution in [-0.2, 0) is 12.8 Å². The van der Waals surface area contributed by atoms with E-state index in [2.05, 4.69) is 27.8 Å². The predicted octanol–water partition coefficient (Wildman–Crippen LogP) is 3.74. The van der Waals surface area contributed by atoms with Gasteiger partial charge in [-0.15, -0.1) is 11.3 Å². The Balaban J connectivity index is 1.45. The van der Waals surface area contributed by atoms with E-state index in [1.807, 2.05) is 12.3 Å². The molecule has 0 atom stereocenters. The highest BCUT2D eigenvalue weighted by Gasteiger charge is 2.19. The van der Waals surface area contributed by atoms with Crippen molar-refractivity contribution in [2.24, 2.45) is 0 Å². The second kappa shape index (κ2) is 7.03. The van der Waals surface area contributed by atoms with Gasteiger partial charge in [0, 0.05) is 16.6 Å². The fourth-order valence-electron chi connectivity index (χ4n) is 3.68. The number of nitrogens with one attached hydrogen (secondary N) is 2. The maximum absolute atomic E-state index is 12.5. The number of fused-ring (bicyclic) bond motifs is 1. The van der Waals surface area contributed by atoms with Gasteiger partial charge in [0.1, 0.15) is 0 Å². The summed E-state index contributed by atoms with van der Waals surface area (Å²) in [5, 5.41) is 7.08. The molecular weight excluding hydrogens is 318 g/mol. The molecule has 2 heterocycles. The number of hydrogen-bond donors (Lipinski definition) is 2. The minimum absolute atomic E-state index is 0.0467. The van der Waals surface area contributed by atoms with Crippen molar-refractivity contribution in [2.45, 2.75) is 44.4 Å². The number of benzene rings is 1. The van der Waals surface area contributed by atoms with E-state index in [1.54, 1.807) is 11.3 Å². The van der Waals surface area contributed by atoms with Crippen molar-refractivity contribution in [3.05, 3.63) is 46.0 Å². The van der Waals surface area contributed by atoms with Crippen LogP contribution in [0.1, 0.15) is 58.0 Å². The minimum atomic E-state index is -0.0467. The lowest BCUT2D eigenvalue weighted by Gasteiger charge is -2.20. The highest BCUT2D eigenvalue weighted by atomic mass is 32.1. The van der Waals surface area contributed by atoms with Crippen LogP contribution < -0.4 is 10.6 Å². The molecule has 2 N–H and O–H groups in total. The van der Waals surface area contributed by atoms with E-state index in [0.29, 0.717) is 11.0 Å². The van der Waals surface area contributed by atoms with Gasteiger partial charge < -0.3 is 5.32 Å². The Morgan fingerprint density at radius 1 is 1.17 bits per heavy atom. The van der Waals surface area contributed by atoms with Gasteiger partial charge >= 0.3 is 0 Å². The molecule has 1 amide bonds. The van der Waals surface area contributed by atoms with Gasteiger partial charge in [-0.3, -0.25) is 10.1 Å². The second-order valence-corrected chi connectivity index (χ2v) is 7.80. The van der Waals surface area contributed by atoms with Crippen LogP contribution in [0.25, 0.3) is 0 Å². The number of carbonyl (C=O) groups excluding carboxylic acids is 1. The Labute approximate surface area is 146 Å². The number of hydrogen-bond acceptors (Lipinski definition) is 4. The molecule has 1 aliphatic carbocycles. The zero-order valence-corrected chi connectivity index (χ0v) is 14.6. The van der Waals surface area contributed by atoms with Crippen molar-refractivity contribution < 1.29 is 4.79 Å². The number of thiazole rings is 1. The first-order valence-electron chi connectivity index (χ1n) is 8.89. The number of aromatic nitrogens is 1. The van der Waals surface area contributed by atoms with Crippen LogP contribution in [0.4, 0.5) is 5.13 Å². The van der Waals surface area contributed by atoms with Crippen molar-refractivity contribution in [1.82, 2.24) is 10.3 Å². The Hall–Kier alpha value is -1.72. The van der Waals surface area contributed by atoms with Gasteiger partial charge in [-0.2, -0.15) is 0 Å². The smallest absolute Gasteiger partial charge is 0.257 e. The van der Waals surface area contributed by atoms with Crippen LogP contribution in [0.5, 0.6) is 0 Å². The summed E-state index contributed by atoms with van der Waals surface area (Å²) in [4.78, 5) is 18.2. The molecule has 4 nitrogen and oxygen atoms in total. The first-order valence-corrected chi connectivity index (χ1v) is 9.71. The van der Waals surface area contributed by atoms with Crippen molar-refractivity contribution in [3.63, 3.8) is 0 Å². The SMILES string of the molecule is O=C(Nc1ncc(C2CCNCC2)s1)c1ccc2c(c1)CCCC2. The molecule has 0 saturated carbocycles. The number of amides is 1.